The van der Waals surface area contributed by atoms with Gasteiger partial charge in [-0.1, -0.05) is 30.9 Å². The van der Waals surface area contributed by atoms with E-state index >= 15 is 0 Å². The molecule has 0 amide bonds. The minimum absolute atomic E-state index is 0.581. The summed E-state index contributed by atoms with van der Waals surface area (Å²) >= 11 is 0. The smallest absolute Gasteiger partial charge is 0.227 e. The van der Waals surface area contributed by atoms with Crippen LogP contribution in [0.15, 0.2) is 63.8 Å². The van der Waals surface area contributed by atoms with E-state index in [1.54, 1.807) is 0 Å². The Morgan fingerprint density at radius 1 is 1.32 bits per heavy atom. The van der Waals surface area contributed by atoms with Crippen LogP contribution in [0.25, 0.3) is 11.2 Å². The molecule has 1 aromatic carbocycles. The van der Waals surface area contributed by atoms with Crippen LogP contribution in [-0.2, 0) is 0 Å². The number of benzene rings is 1. The molecule has 1 saturated heterocycles. The van der Waals surface area contributed by atoms with E-state index in [0.717, 1.165) is 24.3 Å². The van der Waals surface area contributed by atoms with Crippen LogP contribution >= 0.6 is 0 Å². The molecule has 0 N–H and O–H groups in total. The number of nitrogens with zero attached hydrogens (tertiary/aromatic N) is 1. The van der Waals surface area contributed by atoms with Crippen LogP contribution in [-0.4, -0.2) is 13.1 Å². The molecule has 1 fully saturated rings. The Kier molecular flexibility index (Phi) is 3.03. The normalized spacial score (nSPS) is 17.3. The van der Waals surface area contributed by atoms with Crippen molar-refractivity contribution in [3.05, 3.63) is 54.7 Å². The zero-order valence-electron chi connectivity index (χ0n) is 11.0. The minimum Gasteiger partial charge on any atom is -0.370 e. The van der Waals surface area contributed by atoms with Gasteiger partial charge >= 0.3 is 0 Å². The number of anilines is 1. The lowest BCUT2D eigenvalue weighted by atomic mass is 9.90. The van der Waals surface area contributed by atoms with Gasteiger partial charge in [-0.3, -0.25) is 9.15 Å². The monoisotopic (exact) mass is 255 g/mol. The molecule has 0 saturated carbocycles. The molecule has 1 aromatic heterocycles. The quantitative estimate of drug-likeness (QED) is 0.607. The van der Waals surface area contributed by atoms with Gasteiger partial charge in [0.25, 0.3) is 0 Å². The average Bonchev–Trinajstić information content (AvgIpc) is 2.31. The van der Waals surface area contributed by atoms with Gasteiger partial charge in [0.1, 0.15) is 0 Å². The van der Waals surface area contributed by atoms with Crippen molar-refractivity contribution in [1.82, 2.24) is 0 Å². The molecular weight excluding hydrogens is 238 g/mol. The second kappa shape index (κ2) is 4.84. The SMILES string of the molecule is C=C/C=C(\C=C/C)C1CN(c2ccc3ooc3c2)C1. The Morgan fingerprint density at radius 2 is 2.11 bits per heavy atom. The summed E-state index contributed by atoms with van der Waals surface area (Å²) < 4.78 is 9.76. The molecule has 1 aliphatic rings. The van der Waals surface area contributed by atoms with E-state index in [4.69, 9.17) is 9.15 Å². The Balaban J connectivity index is 1.69. The third-order valence-corrected chi connectivity index (χ3v) is 3.54. The number of hydrogen-bond donors (Lipinski definition) is 0. The fraction of sp³-hybridized carbons (Fsp3) is 0.250. The summed E-state index contributed by atoms with van der Waals surface area (Å²) in [4.78, 5) is 2.34. The van der Waals surface area contributed by atoms with Crippen LogP contribution in [0.5, 0.6) is 0 Å². The van der Waals surface area contributed by atoms with Crippen LogP contribution in [0.4, 0.5) is 5.69 Å². The Morgan fingerprint density at radius 3 is 2.68 bits per heavy atom. The highest BCUT2D eigenvalue weighted by molar-refractivity contribution is 5.76. The first kappa shape index (κ1) is 11.9. The van der Waals surface area contributed by atoms with E-state index in [1.807, 2.05) is 25.1 Å². The molecule has 0 unspecified atom stereocenters. The van der Waals surface area contributed by atoms with Crippen LogP contribution < -0.4 is 4.90 Å². The number of allylic oxidation sites excluding steroid dienone is 4. The molecule has 19 heavy (non-hydrogen) atoms. The molecule has 1 aliphatic heterocycles. The highest BCUT2D eigenvalue weighted by Crippen LogP contribution is 2.32. The van der Waals surface area contributed by atoms with Crippen molar-refractivity contribution < 1.29 is 9.15 Å². The topological polar surface area (TPSA) is 29.5 Å². The van der Waals surface area contributed by atoms with Crippen molar-refractivity contribution in [3.63, 3.8) is 0 Å². The molecular formula is C16H17NO2. The summed E-state index contributed by atoms with van der Waals surface area (Å²) in [5.41, 5.74) is 4.19. The second-order valence-electron chi connectivity index (χ2n) is 4.80. The fourth-order valence-electron chi connectivity index (χ4n) is 2.44. The molecule has 2 aromatic rings. The van der Waals surface area contributed by atoms with E-state index < -0.39 is 0 Å². The summed E-state index contributed by atoms with van der Waals surface area (Å²) in [6.45, 7) is 7.88. The van der Waals surface area contributed by atoms with Crippen molar-refractivity contribution in [2.24, 2.45) is 5.92 Å². The molecule has 3 rings (SSSR count). The summed E-state index contributed by atoms with van der Waals surface area (Å²) in [5.74, 6) is 0.581. The summed E-state index contributed by atoms with van der Waals surface area (Å²) in [7, 11) is 0. The highest BCUT2D eigenvalue weighted by atomic mass is 17.0. The molecule has 0 aliphatic carbocycles. The van der Waals surface area contributed by atoms with Gasteiger partial charge in [0.05, 0.1) is 0 Å². The van der Waals surface area contributed by atoms with Crippen molar-refractivity contribution in [2.45, 2.75) is 6.92 Å². The average molecular weight is 255 g/mol. The van der Waals surface area contributed by atoms with Crippen LogP contribution in [0.1, 0.15) is 6.92 Å². The number of rotatable bonds is 4. The molecule has 0 spiro atoms. The van der Waals surface area contributed by atoms with Crippen LogP contribution in [0, 0.1) is 5.92 Å². The molecule has 0 bridgehead atoms. The lowest BCUT2D eigenvalue weighted by Gasteiger charge is -2.41. The first-order chi connectivity index (χ1) is 9.31. The molecule has 3 heteroatoms. The van der Waals surface area contributed by atoms with Gasteiger partial charge in [-0.05, 0) is 24.6 Å². The van der Waals surface area contributed by atoms with Crippen molar-refractivity contribution >= 4 is 16.9 Å². The molecule has 3 nitrogen and oxygen atoms in total. The first-order valence-corrected chi connectivity index (χ1v) is 6.50. The fourth-order valence-corrected chi connectivity index (χ4v) is 2.44. The summed E-state index contributed by atoms with van der Waals surface area (Å²) in [6, 6.07) is 6.06. The van der Waals surface area contributed by atoms with Gasteiger partial charge in [0.2, 0.25) is 11.2 Å². The van der Waals surface area contributed by atoms with E-state index in [1.165, 1.54) is 11.3 Å². The maximum absolute atomic E-state index is 4.92. The highest BCUT2D eigenvalue weighted by Gasteiger charge is 2.29. The minimum atomic E-state index is 0.581. The second-order valence-corrected chi connectivity index (χ2v) is 4.80. The number of fused-ring (bicyclic) bond motifs is 1. The number of hydrogen-bond acceptors (Lipinski definition) is 3. The summed E-state index contributed by atoms with van der Waals surface area (Å²) in [5, 5.41) is 0. The first-order valence-electron chi connectivity index (χ1n) is 6.50. The van der Waals surface area contributed by atoms with Gasteiger partial charge < -0.3 is 4.90 Å². The van der Waals surface area contributed by atoms with Gasteiger partial charge in [0.15, 0.2) is 0 Å². The van der Waals surface area contributed by atoms with E-state index in [0.29, 0.717) is 5.92 Å². The lowest BCUT2D eigenvalue weighted by molar-refractivity contribution is 0.0589. The molecule has 0 radical (unpaired) electrons. The third-order valence-electron chi connectivity index (χ3n) is 3.54. The molecule has 2 heterocycles. The maximum Gasteiger partial charge on any atom is 0.227 e. The third kappa shape index (κ3) is 2.12. The van der Waals surface area contributed by atoms with E-state index in [-0.39, 0.29) is 0 Å². The Bertz CT molecular complexity index is 639. The maximum atomic E-state index is 4.92. The summed E-state index contributed by atoms with van der Waals surface area (Å²) in [6.07, 6.45) is 8.19. The van der Waals surface area contributed by atoms with Crippen LogP contribution in [0.3, 0.4) is 0 Å². The molecule has 0 atom stereocenters. The lowest BCUT2D eigenvalue weighted by Crippen LogP contribution is -2.47. The predicted octanol–water partition coefficient (Wildman–Crippen LogP) is 4.15. The van der Waals surface area contributed by atoms with Gasteiger partial charge in [0, 0.05) is 30.8 Å². The van der Waals surface area contributed by atoms with Gasteiger partial charge in [-0.15, -0.1) is 0 Å². The van der Waals surface area contributed by atoms with E-state index in [9.17, 15) is 0 Å². The standard InChI is InChI=1S/C16H17NO2/c1-3-5-12(6-4-2)13-10-17(11-13)14-7-8-15-16(9-14)19-18-15/h3-9,13H,1,10-11H2,2H3/b6-4-,12-5+. The van der Waals surface area contributed by atoms with Gasteiger partial charge in [-0.2, -0.15) is 0 Å². The Hall–Kier alpha value is -2.16. The van der Waals surface area contributed by atoms with Crippen LogP contribution in [0.2, 0.25) is 0 Å². The largest absolute Gasteiger partial charge is 0.370 e. The van der Waals surface area contributed by atoms with Gasteiger partial charge in [-0.25, -0.2) is 0 Å². The Labute approximate surface area is 112 Å². The van der Waals surface area contributed by atoms with Crippen molar-refractivity contribution in [1.29, 1.82) is 0 Å². The van der Waals surface area contributed by atoms with Crippen molar-refractivity contribution in [3.8, 4) is 0 Å². The zero-order chi connectivity index (χ0) is 13.2. The predicted molar refractivity (Wildman–Crippen MR) is 77.3 cm³/mol. The van der Waals surface area contributed by atoms with Crippen molar-refractivity contribution in [2.75, 3.05) is 18.0 Å². The zero-order valence-corrected chi connectivity index (χ0v) is 11.0. The molecule has 98 valence electrons. The van der Waals surface area contributed by atoms with E-state index in [2.05, 4.69) is 35.8 Å².